The van der Waals surface area contributed by atoms with Gasteiger partial charge in [-0.1, -0.05) is 31.4 Å². The molecule has 6 nitrogen and oxygen atoms in total. The number of benzene rings is 2. The molecule has 0 saturated heterocycles. The summed E-state index contributed by atoms with van der Waals surface area (Å²) in [4.78, 5) is 12.5. The molecule has 0 radical (unpaired) electrons. The van der Waals surface area contributed by atoms with Gasteiger partial charge in [0.05, 0.1) is 25.1 Å². The maximum Gasteiger partial charge on any atom is 0.251 e. The number of nitrogens with one attached hydrogen (secondary N) is 1. The van der Waals surface area contributed by atoms with Gasteiger partial charge in [-0.15, -0.1) is 0 Å². The van der Waals surface area contributed by atoms with E-state index in [1.54, 1.807) is 36.4 Å². The van der Waals surface area contributed by atoms with Crippen LogP contribution in [0.2, 0.25) is 0 Å². The summed E-state index contributed by atoms with van der Waals surface area (Å²) in [5.41, 5.74) is 1.97. The van der Waals surface area contributed by atoms with Crippen LogP contribution in [0.15, 0.2) is 48.5 Å². The SMILES string of the molecule is CCOc1ccc(N(Cc2ccc(C(=O)NC3CCCCC3)cc2)S(C)(=O)=O)cc1. The topological polar surface area (TPSA) is 75.7 Å². The van der Waals surface area contributed by atoms with Crippen LogP contribution in [0.5, 0.6) is 5.75 Å². The quantitative estimate of drug-likeness (QED) is 0.684. The Balaban J connectivity index is 1.69. The molecule has 2 aromatic rings. The molecule has 1 fully saturated rings. The minimum atomic E-state index is -3.47. The van der Waals surface area contributed by atoms with Crippen LogP contribution in [0.25, 0.3) is 0 Å². The molecular formula is C23H30N2O4S. The number of sulfonamides is 1. The van der Waals surface area contributed by atoms with Crippen molar-refractivity contribution in [3.63, 3.8) is 0 Å². The van der Waals surface area contributed by atoms with Crippen LogP contribution in [-0.4, -0.2) is 33.2 Å². The fourth-order valence-electron chi connectivity index (χ4n) is 3.72. The van der Waals surface area contributed by atoms with E-state index in [1.165, 1.54) is 17.0 Å². The Morgan fingerprint density at radius 2 is 1.67 bits per heavy atom. The van der Waals surface area contributed by atoms with E-state index in [9.17, 15) is 13.2 Å². The first-order chi connectivity index (χ1) is 14.4. The minimum absolute atomic E-state index is 0.0695. The van der Waals surface area contributed by atoms with E-state index in [2.05, 4.69) is 5.32 Å². The van der Waals surface area contributed by atoms with Gasteiger partial charge in [-0.25, -0.2) is 8.42 Å². The maximum absolute atomic E-state index is 12.5. The Morgan fingerprint density at radius 1 is 1.03 bits per heavy atom. The molecule has 0 unspecified atom stereocenters. The predicted octanol–water partition coefficient (Wildman–Crippen LogP) is 4.11. The smallest absolute Gasteiger partial charge is 0.251 e. The molecule has 0 bridgehead atoms. The molecule has 0 heterocycles. The van der Waals surface area contributed by atoms with Gasteiger partial charge >= 0.3 is 0 Å². The van der Waals surface area contributed by atoms with Crippen molar-refractivity contribution in [3.05, 3.63) is 59.7 Å². The molecule has 1 aliphatic carbocycles. The van der Waals surface area contributed by atoms with Gasteiger partial charge in [0.1, 0.15) is 5.75 Å². The number of amides is 1. The van der Waals surface area contributed by atoms with E-state index in [1.807, 2.05) is 19.1 Å². The van der Waals surface area contributed by atoms with Crippen LogP contribution < -0.4 is 14.4 Å². The molecule has 2 aromatic carbocycles. The number of carbonyl (C=O) groups excluding carboxylic acids is 1. The van der Waals surface area contributed by atoms with Crippen LogP contribution >= 0.6 is 0 Å². The Hall–Kier alpha value is -2.54. The van der Waals surface area contributed by atoms with Crippen LogP contribution in [0.3, 0.4) is 0 Å². The number of anilines is 1. The predicted molar refractivity (Wildman–Crippen MR) is 119 cm³/mol. The second-order valence-corrected chi connectivity index (χ2v) is 9.61. The maximum atomic E-state index is 12.5. The third kappa shape index (κ3) is 5.98. The fourth-order valence-corrected chi connectivity index (χ4v) is 4.61. The average molecular weight is 431 g/mol. The molecule has 162 valence electrons. The second kappa shape index (κ2) is 9.98. The zero-order chi connectivity index (χ0) is 21.6. The largest absolute Gasteiger partial charge is 0.494 e. The number of hydrogen-bond acceptors (Lipinski definition) is 4. The van der Waals surface area contributed by atoms with Crippen molar-refractivity contribution < 1.29 is 17.9 Å². The minimum Gasteiger partial charge on any atom is -0.494 e. The Labute approximate surface area is 179 Å². The number of carbonyl (C=O) groups is 1. The zero-order valence-electron chi connectivity index (χ0n) is 17.6. The summed E-state index contributed by atoms with van der Waals surface area (Å²) in [6.07, 6.45) is 6.83. The number of nitrogens with zero attached hydrogens (tertiary/aromatic N) is 1. The Kier molecular flexibility index (Phi) is 7.37. The molecule has 0 atom stereocenters. The first kappa shape index (κ1) is 22.2. The molecule has 7 heteroatoms. The normalized spacial score (nSPS) is 14.9. The molecular weight excluding hydrogens is 400 g/mol. The molecule has 0 spiro atoms. The van der Waals surface area contributed by atoms with Crippen LogP contribution in [-0.2, 0) is 16.6 Å². The Bertz CT molecular complexity index is 934. The molecule has 1 aliphatic rings. The molecule has 30 heavy (non-hydrogen) atoms. The number of rotatable bonds is 8. The lowest BCUT2D eigenvalue weighted by molar-refractivity contribution is 0.0927. The molecule has 0 aliphatic heterocycles. The van der Waals surface area contributed by atoms with Crippen molar-refractivity contribution >= 4 is 21.6 Å². The van der Waals surface area contributed by atoms with E-state index < -0.39 is 10.0 Å². The van der Waals surface area contributed by atoms with Gasteiger partial charge in [0, 0.05) is 11.6 Å². The molecule has 3 rings (SSSR count). The lowest BCUT2D eigenvalue weighted by Crippen LogP contribution is -2.36. The van der Waals surface area contributed by atoms with Gasteiger partial charge < -0.3 is 10.1 Å². The highest BCUT2D eigenvalue weighted by Gasteiger charge is 2.19. The van der Waals surface area contributed by atoms with Crippen molar-refractivity contribution in [1.29, 1.82) is 0 Å². The van der Waals surface area contributed by atoms with E-state index in [4.69, 9.17) is 4.74 Å². The average Bonchev–Trinajstić information content (AvgIpc) is 2.73. The summed E-state index contributed by atoms with van der Waals surface area (Å²) in [6.45, 7) is 2.64. The third-order valence-electron chi connectivity index (χ3n) is 5.32. The molecule has 0 aromatic heterocycles. The van der Waals surface area contributed by atoms with Crippen molar-refractivity contribution in [3.8, 4) is 5.75 Å². The van der Waals surface area contributed by atoms with Gasteiger partial charge in [0.15, 0.2) is 0 Å². The zero-order valence-corrected chi connectivity index (χ0v) is 18.5. The summed E-state index contributed by atoms with van der Waals surface area (Å²) < 4.78 is 31.5. The lowest BCUT2D eigenvalue weighted by Gasteiger charge is -2.23. The van der Waals surface area contributed by atoms with Gasteiger partial charge in [-0.2, -0.15) is 0 Å². The Morgan fingerprint density at radius 3 is 2.23 bits per heavy atom. The summed E-state index contributed by atoms with van der Waals surface area (Å²) in [6, 6.07) is 14.4. The fraction of sp³-hybridized carbons (Fsp3) is 0.435. The summed E-state index contributed by atoms with van der Waals surface area (Å²) in [5.74, 6) is 0.628. The first-order valence-electron chi connectivity index (χ1n) is 10.5. The highest BCUT2D eigenvalue weighted by Crippen LogP contribution is 2.24. The standard InChI is InChI=1S/C23H30N2O4S/c1-3-29-22-15-13-21(14-16-22)25(30(2,27)28)17-18-9-11-19(12-10-18)23(26)24-20-7-5-4-6-8-20/h9-16,20H,3-8,17H2,1-2H3,(H,24,26). The first-order valence-corrected chi connectivity index (χ1v) is 12.3. The molecule has 1 amide bonds. The van der Waals surface area contributed by atoms with Crippen molar-refractivity contribution in [2.45, 2.75) is 51.6 Å². The van der Waals surface area contributed by atoms with Gasteiger partial charge in [-0.3, -0.25) is 9.10 Å². The van der Waals surface area contributed by atoms with Crippen LogP contribution in [0.1, 0.15) is 54.9 Å². The molecule has 1 N–H and O–H groups in total. The molecule has 1 saturated carbocycles. The summed E-state index contributed by atoms with van der Waals surface area (Å²) >= 11 is 0. The monoisotopic (exact) mass is 430 g/mol. The lowest BCUT2D eigenvalue weighted by atomic mass is 9.95. The van der Waals surface area contributed by atoms with Gasteiger partial charge in [0.25, 0.3) is 5.91 Å². The van der Waals surface area contributed by atoms with Crippen LogP contribution in [0, 0.1) is 0 Å². The van der Waals surface area contributed by atoms with Crippen molar-refractivity contribution in [2.75, 3.05) is 17.2 Å². The highest BCUT2D eigenvalue weighted by atomic mass is 32.2. The van der Waals surface area contributed by atoms with Crippen molar-refractivity contribution in [1.82, 2.24) is 5.32 Å². The number of hydrogen-bond donors (Lipinski definition) is 1. The van der Waals surface area contributed by atoms with Crippen molar-refractivity contribution in [2.24, 2.45) is 0 Å². The highest BCUT2D eigenvalue weighted by molar-refractivity contribution is 7.92. The van der Waals surface area contributed by atoms with Gasteiger partial charge in [-0.05, 0) is 61.7 Å². The van der Waals surface area contributed by atoms with Gasteiger partial charge in [0.2, 0.25) is 10.0 Å². The van der Waals surface area contributed by atoms with E-state index in [0.29, 0.717) is 23.6 Å². The summed E-state index contributed by atoms with van der Waals surface area (Å²) in [7, 11) is -3.47. The van der Waals surface area contributed by atoms with E-state index in [0.717, 1.165) is 31.2 Å². The van der Waals surface area contributed by atoms with Crippen LogP contribution in [0.4, 0.5) is 5.69 Å². The summed E-state index contributed by atoms with van der Waals surface area (Å²) in [5, 5.41) is 3.10. The third-order valence-corrected chi connectivity index (χ3v) is 6.46. The van der Waals surface area contributed by atoms with E-state index in [-0.39, 0.29) is 18.5 Å². The second-order valence-electron chi connectivity index (χ2n) is 7.70. The number of ether oxygens (including phenoxy) is 1. The van der Waals surface area contributed by atoms with E-state index >= 15 is 0 Å².